The molecule has 2 N–H and O–H groups in total. The summed E-state index contributed by atoms with van der Waals surface area (Å²) >= 11 is 0. The van der Waals surface area contributed by atoms with Crippen molar-refractivity contribution in [2.75, 3.05) is 26.1 Å². The summed E-state index contributed by atoms with van der Waals surface area (Å²) in [7, 11) is 3.27. The molecule has 1 saturated carbocycles. The maximum absolute atomic E-state index is 12.5. The smallest absolute Gasteiger partial charge is 0.253 e. The predicted molar refractivity (Wildman–Crippen MR) is 115 cm³/mol. The maximum atomic E-state index is 12.5. The minimum absolute atomic E-state index is 0.0266. The third-order valence-electron chi connectivity index (χ3n) is 5.38. The largest absolute Gasteiger partial charge is 0.493 e. The van der Waals surface area contributed by atoms with E-state index in [1.54, 1.807) is 20.4 Å². The van der Waals surface area contributed by atoms with E-state index in [4.69, 9.17) is 9.47 Å². The Labute approximate surface area is 173 Å². The number of hydrogen-bond donors (Lipinski definition) is 2. The van der Waals surface area contributed by atoms with Crippen LogP contribution in [-0.4, -0.2) is 37.7 Å². The van der Waals surface area contributed by atoms with Crippen molar-refractivity contribution < 1.29 is 14.3 Å². The van der Waals surface area contributed by atoms with Crippen LogP contribution in [0.2, 0.25) is 0 Å². The number of methoxy groups -OCH3 is 2. The monoisotopic (exact) mass is 397 g/mol. The van der Waals surface area contributed by atoms with Crippen molar-refractivity contribution in [1.82, 2.24) is 10.3 Å². The van der Waals surface area contributed by atoms with Crippen LogP contribution in [0, 0.1) is 0 Å². The molecular weight excluding hydrogens is 366 g/mol. The van der Waals surface area contributed by atoms with Crippen LogP contribution < -0.4 is 20.1 Å². The molecule has 1 aliphatic carbocycles. The Morgan fingerprint density at radius 1 is 1.03 bits per heavy atom. The second-order valence-corrected chi connectivity index (χ2v) is 7.46. The molecule has 6 nitrogen and oxygen atoms in total. The number of aromatic nitrogens is 1. The van der Waals surface area contributed by atoms with Crippen LogP contribution in [0.15, 0.2) is 36.5 Å². The fourth-order valence-electron chi connectivity index (χ4n) is 3.70. The lowest BCUT2D eigenvalue weighted by Crippen LogP contribution is -2.34. The van der Waals surface area contributed by atoms with Crippen molar-refractivity contribution in [3.05, 3.63) is 47.7 Å². The lowest BCUT2D eigenvalue weighted by molar-refractivity contribution is 0.0933. The van der Waals surface area contributed by atoms with E-state index >= 15 is 0 Å². The third kappa shape index (κ3) is 6.11. The van der Waals surface area contributed by atoms with E-state index < -0.39 is 0 Å². The van der Waals surface area contributed by atoms with Gasteiger partial charge in [-0.1, -0.05) is 31.7 Å². The van der Waals surface area contributed by atoms with Gasteiger partial charge in [0.25, 0.3) is 5.91 Å². The molecular formula is C23H31N3O3. The summed E-state index contributed by atoms with van der Waals surface area (Å²) in [5, 5.41) is 6.46. The van der Waals surface area contributed by atoms with Crippen LogP contribution in [-0.2, 0) is 6.42 Å². The molecule has 0 atom stereocenters. The van der Waals surface area contributed by atoms with Crippen molar-refractivity contribution >= 4 is 11.7 Å². The van der Waals surface area contributed by atoms with Crippen molar-refractivity contribution in [3.63, 3.8) is 0 Å². The van der Waals surface area contributed by atoms with E-state index in [0.29, 0.717) is 11.6 Å². The molecule has 1 heterocycles. The van der Waals surface area contributed by atoms with Gasteiger partial charge in [0.05, 0.1) is 19.8 Å². The Balaban J connectivity index is 1.48. The van der Waals surface area contributed by atoms with Gasteiger partial charge in [0, 0.05) is 18.8 Å². The summed E-state index contributed by atoms with van der Waals surface area (Å²) in [6.45, 7) is 0.732. The molecule has 0 saturated heterocycles. The Bertz CT molecular complexity index is 784. The molecule has 1 aromatic heterocycles. The fourth-order valence-corrected chi connectivity index (χ4v) is 3.70. The first-order chi connectivity index (χ1) is 14.2. The molecule has 156 valence electrons. The molecule has 0 radical (unpaired) electrons. The van der Waals surface area contributed by atoms with Gasteiger partial charge in [0.15, 0.2) is 11.5 Å². The number of pyridine rings is 1. The first-order valence-corrected chi connectivity index (χ1v) is 10.4. The summed E-state index contributed by atoms with van der Waals surface area (Å²) in [6.07, 6.45) is 9.58. The average molecular weight is 398 g/mol. The average Bonchev–Trinajstić information content (AvgIpc) is 3.02. The van der Waals surface area contributed by atoms with Gasteiger partial charge in [-0.2, -0.15) is 0 Å². The number of anilines is 1. The molecule has 1 fully saturated rings. The molecule has 29 heavy (non-hydrogen) atoms. The van der Waals surface area contributed by atoms with Gasteiger partial charge in [-0.3, -0.25) is 4.79 Å². The maximum Gasteiger partial charge on any atom is 0.253 e. The van der Waals surface area contributed by atoms with Gasteiger partial charge in [-0.25, -0.2) is 4.98 Å². The number of carbonyl (C=O) groups excluding carboxylic acids is 1. The molecule has 6 heteroatoms. The normalized spacial score (nSPS) is 14.7. The fraction of sp³-hybridized carbons (Fsp3) is 0.478. The van der Waals surface area contributed by atoms with Gasteiger partial charge in [-0.15, -0.1) is 0 Å². The minimum Gasteiger partial charge on any atom is -0.493 e. The van der Waals surface area contributed by atoms with Crippen LogP contribution in [0.3, 0.4) is 0 Å². The van der Waals surface area contributed by atoms with Crippen molar-refractivity contribution in [3.8, 4) is 11.5 Å². The minimum atomic E-state index is -0.0266. The predicted octanol–water partition coefficient (Wildman–Crippen LogP) is 4.21. The van der Waals surface area contributed by atoms with E-state index in [1.807, 2.05) is 30.3 Å². The van der Waals surface area contributed by atoms with Gasteiger partial charge in [0.1, 0.15) is 5.82 Å². The lowest BCUT2D eigenvalue weighted by atomic mass is 10.1. The Morgan fingerprint density at radius 2 is 1.79 bits per heavy atom. The Kier molecular flexibility index (Phi) is 7.73. The van der Waals surface area contributed by atoms with Crippen molar-refractivity contribution in [1.29, 1.82) is 0 Å². The van der Waals surface area contributed by atoms with E-state index in [2.05, 4.69) is 15.6 Å². The summed E-state index contributed by atoms with van der Waals surface area (Å²) in [4.78, 5) is 16.8. The molecule has 1 aliphatic rings. The zero-order valence-corrected chi connectivity index (χ0v) is 17.4. The first kappa shape index (κ1) is 21.0. The Morgan fingerprint density at radius 3 is 2.45 bits per heavy atom. The topological polar surface area (TPSA) is 72.5 Å². The highest BCUT2D eigenvalue weighted by Gasteiger charge is 2.16. The van der Waals surface area contributed by atoms with Gasteiger partial charge in [0.2, 0.25) is 0 Å². The van der Waals surface area contributed by atoms with E-state index in [1.165, 1.54) is 25.7 Å². The highest BCUT2D eigenvalue weighted by atomic mass is 16.5. The molecule has 3 rings (SSSR count). The number of nitrogens with one attached hydrogen (secondary N) is 2. The first-order valence-electron chi connectivity index (χ1n) is 10.4. The third-order valence-corrected chi connectivity index (χ3v) is 5.38. The standard InChI is InChI=1S/C23H31N3O3/c1-28-20-11-9-17(15-21(20)29-2)13-14-24-22-12-10-18(16-25-22)23(27)26-19-7-5-3-4-6-8-19/h9-12,15-16,19H,3-8,13-14H2,1-2H3,(H,24,25)(H,26,27). The molecule has 0 aliphatic heterocycles. The highest BCUT2D eigenvalue weighted by molar-refractivity contribution is 5.94. The molecule has 0 unspecified atom stereocenters. The summed E-state index contributed by atoms with van der Waals surface area (Å²) in [5.41, 5.74) is 1.76. The molecule has 1 aromatic carbocycles. The van der Waals surface area contributed by atoms with E-state index in [0.717, 1.165) is 48.7 Å². The zero-order valence-electron chi connectivity index (χ0n) is 17.4. The van der Waals surface area contributed by atoms with Crippen molar-refractivity contribution in [2.24, 2.45) is 0 Å². The molecule has 1 amide bonds. The number of amides is 1. The quantitative estimate of drug-likeness (QED) is 0.653. The second kappa shape index (κ2) is 10.7. The van der Waals surface area contributed by atoms with E-state index in [9.17, 15) is 4.79 Å². The van der Waals surface area contributed by atoms with Crippen LogP contribution in [0.1, 0.15) is 54.4 Å². The lowest BCUT2D eigenvalue weighted by Gasteiger charge is -2.16. The number of carbonyl (C=O) groups is 1. The zero-order chi connectivity index (χ0) is 20.5. The van der Waals surface area contributed by atoms with Crippen LogP contribution in [0.25, 0.3) is 0 Å². The number of rotatable bonds is 8. The molecule has 2 aromatic rings. The van der Waals surface area contributed by atoms with Crippen LogP contribution >= 0.6 is 0 Å². The van der Waals surface area contributed by atoms with Crippen LogP contribution in [0.5, 0.6) is 11.5 Å². The number of benzene rings is 1. The Hall–Kier alpha value is -2.76. The number of nitrogens with zero attached hydrogens (tertiary/aromatic N) is 1. The summed E-state index contributed by atoms with van der Waals surface area (Å²) in [6, 6.07) is 9.90. The van der Waals surface area contributed by atoms with Gasteiger partial charge < -0.3 is 20.1 Å². The van der Waals surface area contributed by atoms with Gasteiger partial charge >= 0.3 is 0 Å². The highest BCUT2D eigenvalue weighted by Crippen LogP contribution is 2.27. The van der Waals surface area contributed by atoms with E-state index in [-0.39, 0.29) is 5.91 Å². The molecule has 0 bridgehead atoms. The summed E-state index contributed by atoms with van der Waals surface area (Å²) in [5.74, 6) is 2.19. The second-order valence-electron chi connectivity index (χ2n) is 7.46. The van der Waals surface area contributed by atoms with Gasteiger partial charge in [-0.05, 0) is 49.1 Å². The molecule has 0 spiro atoms. The summed E-state index contributed by atoms with van der Waals surface area (Å²) < 4.78 is 10.6. The SMILES string of the molecule is COc1ccc(CCNc2ccc(C(=O)NC3CCCCCC3)cn2)cc1OC. The number of ether oxygens (including phenoxy) is 2. The van der Waals surface area contributed by atoms with Crippen molar-refractivity contribution in [2.45, 2.75) is 51.0 Å². The number of hydrogen-bond acceptors (Lipinski definition) is 5. The van der Waals surface area contributed by atoms with Crippen LogP contribution in [0.4, 0.5) is 5.82 Å².